The zero-order valence-corrected chi connectivity index (χ0v) is 21.0. The predicted molar refractivity (Wildman–Crippen MR) is 161 cm³/mol. The first-order valence-electron chi connectivity index (χ1n) is 13.3. The Morgan fingerprint density at radius 1 is 0.250 bits per heavy atom. The van der Waals surface area contributed by atoms with E-state index < -0.39 is 0 Å². The monoisotopic (exact) mass is 514 g/mol. The van der Waals surface area contributed by atoms with Gasteiger partial charge in [-0.05, 0) is 59.7 Å². The van der Waals surface area contributed by atoms with Crippen LogP contribution in [-0.4, -0.2) is 0 Å². The molecule has 0 aliphatic heterocycles. The van der Waals surface area contributed by atoms with Crippen molar-refractivity contribution in [1.29, 1.82) is 0 Å². The van der Waals surface area contributed by atoms with Gasteiger partial charge in [0.15, 0.2) is 0 Å². The lowest BCUT2D eigenvalue weighted by Gasteiger charge is -2.02. The Morgan fingerprint density at radius 2 is 0.600 bits per heavy atom. The first-order chi connectivity index (χ1) is 19.8. The fourth-order valence-corrected chi connectivity index (χ4v) is 6.35. The van der Waals surface area contributed by atoms with Gasteiger partial charge in [0.05, 0.1) is 0 Å². The highest BCUT2D eigenvalue weighted by atomic mass is 16.3. The second kappa shape index (κ2) is 7.13. The molecule has 10 rings (SSSR count). The summed E-state index contributed by atoms with van der Waals surface area (Å²) in [4.78, 5) is 0. The zero-order valence-electron chi connectivity index (χ0n) is 21.0. The van der Waals surface area contributed by atoms with Crippen molar-refractivity contribution in [1.82, 2.24) is 0 Å². The van der Waals surface area contributed by atoms with Crippen molar-refractivity contribution >= 4 is 87.8 Å². The van der Waals surface area contributed by atoms with Gasteiger partial charge in [-0.1, -0.05) is 48.5 Å². The Labute approximate surface area is 225 Å². The van der Waals surface area contributed by atoms with Crippen molar-refractivity contribution in [3.8, 4) is 11.1 Å². The van der Waals surface area contributed by atoms with Gasteiger partial charge in [0.1, 0.15) is 44.7 Å². The third-order valence-electron chi connectivity index (χ3n) is 8.27. The third-order valence-corrected chi connectivity index (χ3v) is 8.27. The molecule has 0 atom stereocenters. The molecular weight excluding hydrogens is 496 g/mol. The molecule has 0 unspecified atom stereocenters. The maximum Gasteiger partial charge on any atom is 0.139 e. The number of para-hydroxylation sites is 2. The lowest BCUT2D eigenvalue weighted by atomic mass is 10.00. The van der Waals surface area contributed by atoms with E-state index >= 15 is 0 Å². The normalized spacial score (nSPS) is 12.5. The van der Waals surface area contributed by atoms with E-state index in [1.54, 1.807) is 0 Å². The zero-order chi connectivity index (χ0) is 25.9. The Morgan fingerprint density at radius 3 is 1.05 bits per heavy atom. The van der Waals surface area contributed by atoms with E-state index in [0.29, 0.717) is 0 Å². The van der Waals surface area contributed by atoms with Crippen LogP contribution in [-0.2, 0) is 0 Å². The summed E-state index contributed by atoms with van der Waals surface area (Å²) in [6.07, 6.45) is 0. The largest absolute Gasteiger partial charge is 0.456 e. The van der Waals surface area contributed by atoms with Crippen LogP contribution in [0.5, 0.6) is 0 Å². The number of hydrogen-bond acceptors (Lipinski definition) is 4. The predicted octanol–water partition coefficient (Wildman–Crippen LogP) is 11.0. The second-order valence-electron chi connectivity index (χ2n) is 10.5. The number of fused-ring (bicyclic) bond motifs is 12. The van der Waals surface area contributed by atoms with Crippen LogP contribution in [0.25, 0.3) is 98.9 Å². The summed E-state index contributed by atoms with van der Waals surface area (Å²) in [7, 11) is 0. The second-order valence-corrected chi connectivity index (χ2v) is 10.5. The van der Waals surface area contributed by atoms with Crippen molar-refractivity contribution in [3.63, 3.8) is 0 Å². The summed E-state index contributed by atoms with van der Waals surface area (Å²) < 4.78 is 24.7. The highest BCUT2D eigenvalue weighted by Crippen LogP contribution is 2.40. The fourth-order valence-electron chi connectivity index (χ4n) is 6.35. The number of hydrogen-bond donors (Lipinski definition) is 0. The molecule has 40 heavy (non-hydrogen) atoms. The molecule has 0 radical (unpaired) electrons. The Bertz CT molecular complexity index is 2470. The standard InChI is InChI=1S/C36H18O4/c1-3-7-29-21(5-1)25-15-27-23-13-19(9-11-31(23)39-35(27)17-33(25)37-29)20-10-12-32-24(14-20)28-16-26-22-6-2-4-8-30(22)38-34(26)18-36(28)40-32/h1-18H. The van der Waals surface area contributed by atoms with Gasteiger partial charge in [0, 0.05) is 55.2 Å². The fraction of sp³-hybridized carbons (Fsp3) is 0. The summed E-state index contributed by atoms with van der Waals surface area (Å²) >= 11 is 0. The first-order valence-corrected chi connectivity index (χ1v) is 13.3. The van der Waals surface area contributed by atoms with Gasteiger partial charge in [-0.25, -0.2) is 0 Å². The van der Waals surface area contributed by atoms with E-state index in [4.69, 9.17) is 17.7 Å². The molecule has 4 heterocycles. The lowest BCUT2D eigenvalue weighted by molar-refractivity contribution is 0.655. The Kier molecular flexibility index (Phi) is 3.65. The summed E-state index contributed by atoms with van der Waals surface area (Å²) in [5.74, 6) is 0. The van der Waals surface area contributed by atoms with Crippen molar-refractivity contribution in [3.05, 3.63) is 109 Å². The molecule has 0 aliphatic carbocycles. The van der Waals surface area contributed by atoms with Crippen LogP contribution in [0, 0.1) is 0 Å². The van der Waals surface area contributed by atoms with Crippen molar-refractivity contribution < 1.29 is 17.7 Å². The molecule has 0 spiro atoms. The van der Waals surface area contributed by atoms with Gasteiger partial charge in [0.2, 0.25) is 0 Å². The summed E-state index contributed by atoms with van der Waals surface area (Å²) in [6, 6.07) is 37.5. The van der Waals surface area contributed by atoms with E-state index in [1.807, 2.05) is 48.5 Å². The van der Waals surface area contributed by atoms with Crippen LogP contribution in [0.4, 0.5) is 0 Å². The van der Waals surface area contributed by atoms with Gasteiger partial charge in [-0.2, -0.15) is 0 Å². The molecule has 0 saturated heterocycles. The van der Waals surface area contributed by atoms with Crippen LogP contribution in [0.15, 0.2) is 127 Å². The molecule has 0 saturated carbocycles. The van der Waals surface area contributed by atoms with Crippen LogP contribution >= 0.6 is 0 Å². The van der Waals surface area contributed by atoms with Crippen LogP contribution in [0.3, 0.4) is 0 Å². The minimum absolute atomic E-state index is 0.825. The van der Waals surface area contributed by atoms with Crippen LogP contribution in [0.1, 0.15) is 0 Å². The highest BCUT2D eigenvalue weighted by Gasteiger charge is 2.16. The molecule has 0 aliphatic rings. The number of benzene rings is 6. The van der Waals surface area contributed by atoms with E-state index in [1.165, 1.54) is 0 Å². The lowest BCUT2D eigenvalue weighted by Crippen LogP contribution is -1.78. The maximum atomic E-state index is 6.25. The van der Waals surface area contributed by atoms with Gasteiger partial charge in [-0.3, -0.25) is 0 Å². The molecule has 0 amide bonds. The van der Waals surface area contributed by atoms with E-state index in [-0.39, 0.29) is 0 Å². The van der Waals surface area contributed by atoms with Gasteiger partial charge < -0.3 is 17.7 Å². The van der Waals surface area contributed by atoms with Crippen LogP contribution in [0.2, 0.25) is 0 Å². The quantitative estimate of drug-likeness (QED) is 0.219. The molecule has 4 aromatic heterocycles. The molecule has 4 nitrogen and oxygen atoms in total. The molecule has 186 valence electrons. The van der Waals surface area contributed by atoms with E-state index in [2.05, 4.69) is 60.7 Å². The molecule has 6 aromatic carbocycles. The Balaban J connectivity index is 1.19. The van der Waals surface area contributed by atoms with Crippen molar-refractivity contribution in [2.24, 2.45) is 0 Å². The molecular formula is C36H18O4. The van der Waals surface area contributed by atoms with E-state index in [0.717, 1.165) is 98.9 Å². The average Bonchev–Trinajstić information content (AvgIpc) is 3.73. The van der Waals surface area contributed by atoms with Crippen molar-refractivity contribution in [2.45, 2.75) is 0 Å². The van der Waals surface area contributed by atoms with Crippen LogP contribution < -0.4 is 0 Å². The first kappa shape index (κ1) is 20.5. The maximum absolute atomic E-state index is 6.25. The highest BCUT2D eigenvalue weighted by molar-refractivity contribution is 6.17. The minimum atomic E-state index is 0.825. The summed E-state index contributed by atoms with van der Waals surface area (Å²) in [5, 5.41) is 8.76. The minimum Gasteiger partial charge on any atom is -0.456 e. The van der Waals surface area contributed by atoms with Crippen molar-refractivity contribution in [2.75, 3.05) is 0 Å². The molecule has 10 aromatic rings. The molecule has 0 N–H and O–H groups in total. The van der Waals surface area contributed by atoms with E-state index in [9.17, 15) is 0 Å². The number of rotatable bonds is 1. The Hall–Kier alpha value is -5.48. The average molecular weight is 515 g/mol. The summed E-state index contributed by atoms with van der Waals surface area (Å²) in [5.41, 5.74) is 9.07. The third kappa shape index (κ3) is 2.65. The smallest absolute Gasteiger partial charge is 0.139 e. The van der Waals surface area contributed by atoms with Gasteiger partial charge in [0.25, 0.3) is 0 Å². The topological polar surface area (TPSA) is 52.6 Å². The molecule has 4 heteroatoms. The molecule has 0 fully saturated rings. The SMILES string of the molecule is c1ccc2c(c1)oc1cc3oc4ccc(-c5ccc6oc7cc8oc9ccccc9c8cc7c6c5)cc4c3cc12. The van der Waals surface area contributed by atoms with Gasteiger partial charge in [-0.15, -0.1) is 0 Å². The van der Waals surface area contributed by atoms with Gasteiger partial charge >= 0.3 is 0 Å². The number of furan rings is 4. The molecule has 0 bridgehead atoms. The summed E-state index contributed by atoms with van der Waals surface area (Å²) in [6.45, 7) is 0.